The third kappa shape index (κ3) is 10.5. The van der Waals surface area contributed by atoms with E-state index in [2.05, 4.69) is 135 Å². The number of fused-ring (bicyclic) bond motifs is 8. The van der Waals surface area contributed by atoms with E-state index in [4.69, 9.17) is 0 Å². The van der Waals surface area contributed by atoms with Crippen molar-refractivity contribution in [2.75, 3.05) is 0 Å². The van der Waals surface area contributed by atoms with E-state index in [0.717, 1.165) is 15.4 Å². The van der Waals surface area contributed by atoms with Crippen LogP contribution in [0.15, 0.2) is 155 Å². The van der Waals surface area contributed by atoms with Crippen molar-refractivity contribution in [3.63, 3.8) is 0 Å². The Morgan fingerprint density at radius 2 is 1.17 bits per heavy atom. The SMILES string of the molecule is Brc1cccc([C](=[Zr+2])c2cccc(Br)c2)c1.[Cl-].[Cl-].[Cl-].[Cl-].[Zr+4].[c-]1cccc2c1c1c(c3ccccc32)-c2ccccc2C1.c1cc[cH-]c1. The molecule has 232 valence electrons. The Labute approximate surface area is 352 Å². The second kappa shape index (κ2) is 21.2. The number of halogens is 6. The van der Waals surface area contributed by atoms with Crippen LogP contribution in [0.4, 0.5) is 0 Å². The molecule has 0 saturated heterocycles. The van der Waals surface area contributed by atoms with Crippen molar-refractivity contribution >= 4 is 56.6 Å². The maximum absolute atomic E-state index is 3.50. The number of rotatable bonds is 2. The van der Waals surface area contributed by atoms with Gasteiger partial charge in [-0.25, -0.2) is 12.1 Å². The molecule has 7 aromatic rings. The molecule has 0 atom stereocenters. The van der Waals surface area contributed by atoms with Crippen molar-refractivity contribution in [3.8, 4) is 11.1 Å². The molecule has 0 unspecified atom stereocenters. The predicted octanol–water partition coefficient (Wildman–Crippen LogP) is -0.889. The Hall–Kier alpha value is -1.05. The fourth-order valence-corrected chi connectivity index (χ4v) is 7.07. The maximum atomic E-state index is 3.50. The summed E-state index contributed by atoms with van der Waals surface area (Å²) in [4.78, 5) is 0. The standard InChI is InChI=1S/C21H13.C13H8Br2.C5H5.4ClH.2Zr/c1-2-8-15-14(7-1)13-20-18-11-4-3-9-16(18)17-10-5-6-12-19(17)21(15)20;14-12-5-1-3-10(8-12)7-11-4-2-6-13(15)9-11;1-2-4-5-3-1;;;;;;/h1-10,12H,13H2;1-6,8-9H;1-5H;4*1H;;/q-1;;-1;;;;;+2;+4/p-4. The monoisotopic (exact) mass is 972 g/mol. The Kier molecular flexibility index (Phi) is 19.9. The Bertz CT molecular complexity index is 1960. The van der Waals surface area contributed by atoms with E-state index in [1.54, 1.807) is 0 Å². The third-order valence-corrected chi connectivity index (χ3v) is 9.79. The first-order valence-electron chi connectivity index (χ1n) is 13.8. The van der Waals surface area contributed by atoms with Gasteiger partial charge in [0, 0.05) is 0 Å². The van der Waals surface area contributed by atoms with Gasteiger partial charge in [0.25, 0.3) is 0 Å². The molecule has 1 aliphatic rings. The molecule has 0 N–H and O–H groups in total. The van der Waals surface area contributed by atoms with E-state index >= 15 is 0 Å². The van der Waals surface area contributed by atoms with Gasteiger partial charge in [-0.1, -0.05) is 53.9 Å². The molecule has 8 rings (SSSR count). The Morgan fingerprint density at radius 3 is 1.74 bits per heavy atom. The quantitative estimate of drug-likeness (QED) is 0.156. The summed E-state index contributed by atoms with van der Waals surface area (Å²) in [7, 11) is 0. The van der Waals surface area contributed by atoms with E-state index in [0.29, 0.717) is 0 Å². The molecule has 0 aromatic heterocycles. The summed E-state index contributed by atoms with van der Waals surface area (Å²) in [6.45, 7) is 0. The van der Waals surface area contributed by atoms with Crippen LogP contribution in [0.1, 0.15) is 22.3 Å². The van der Waals surface area contributed by atoms with Crippen LogP contribution in [0, 0.1) is 6.07 Å². The van der Waals surface area contributed by atoms with Crippen molar-refractivity contribution in [3.05, 3.63) is 183 Å². The molecule has 0 fully saturated rings. The van der Waals surface area contributed by atoms with Gasteiger partial charge in [0.15, 0.2) is 0 Å². The van der Waals surface area contributed by atoms with Crippen molar-refractivity contribution < 1.29 is 100 Å². The van der Waals surface area contributed by atoms with Crippen LogP contribution in [0.25, 0.3) is 32.7 Å². The number of hydrogen-bond acceptors (Lipinski definition) is 0. The first kappa shape index (κ1) is 44.0. The van der Waals surface area contributed by atoms with Gasteiger partial charge in [0.2, 0.25) is 0 Å². The van der Waals surface area contributed by atoms with Gasteiger partial charge in [-0.15, -0.1) is 40.6 Å². The zero-order valence-electron chi connectivity index (χ0n) is 24.8. The van der Waals surface area contributed by atoms with Crippen LogP contribution >= 0.6 is 31.9 Å². The minimum atomic E-state index is 0. The molecule has 0 radical (unpaired) electrons. The van der Waals surface area contributed by atoms with E-state index in [-0.39, 0.29) is 75.8 Å². The summed E-state index contributed by atoms with van der Waals surface area (Å²) in [5.74, 6) is 0. The third-order valence-electron chi connectivity index (χ3n) is 7.38. The second-order valence-corrected chi connectivity index (χ2v) is 13.1. The normalized spacial score (nSPS) is 9.96. The van der Waals surface area contributed by atoms with Gasteiger partial charge in [-0.2, -0.15) is 18.2 Å². The summed E-state index contributed by atoms with van der Waals surface area (Å²) in [5.41, 5.74) is 8.24. The van der Waals surface area contributed by atoms with Gasteiger partial charge in [0.05, 0.1) is 0 Å². The summed E-state index contributed by atoms with van der Waals surface area (Å²) in [6.07, 6.45) is 1.02. The summed E-state index contributed by atoms with van der Waals surface area (Å²) in [6, 6.07) is 54.2. The van der Waals surface area contributed by atoms with Crippen molar-refractivity contribution in [2.24, 2.45) is 0 Å². The number of hydrogen-bond donors (Lipinski definition) is 0. The Morgan fingerprint density at radius 1 is 0.617 bits per heavy atom. The zero-order valence-corrected chi connectivity index (χ0v) is 35.9. The molecule has 1 aliphatic carbocycles. The molecule has 0 heterocycles. The fourth-order valence-electron chi connectivity index (χ4n) is 5.50. The molecule has 0 amide bonds. The molecule has 7 aromatic carbocycles. The Balaban J connectivity index is 0.000000383. The second-order valence-electron chi connectivity index (χ2n) is 10.0. The minimum absolute atomic E-state index is 0. The minimum Gasteiger partial charge on any atom is -1.00 e. The van der Waals surface area contributed by atoms with Crippen LogP contribution in [-0.4, -0.2) is 3.21 Å². The average molecular weight is 979 g/mol. The fraction of sp³-hybridized carbons (Fsp3) is 0.0256. The van der Waals surface area contributed by atoms with Gasteiger partial charge in [-0.3, -0.25) is 0 Å². The molecule has 0 spiro atoms. The average Bonchev–Trinajstić information content (AvgIpc) is 3.74. The molecular weight excluding hydrogens is 952 g/mol. The van der Waals surface area contributed by atoms with Gasteiger partial charge in [-0.05, 0) is 28.5 Å². The van der Waals surface area contributed by atoms with Crippen LogP contribution in [0.2, 0.25) is 0 Å². The summed E-state index contributed by atoms with van der Waals surface area (Å²) < 4.78 is 3.62. The summed E-state index contributed by atoms with van der Waals surface area (Å²) in [5, 5.41) is 5.30. The first-order valence-corrected chi connectivity index (χ1v) is 16.6. The molecule has 0 nitrogen and oxygen atoms in total. The van der Waals surface area contributed by atoms with E-state index in [1.165, 1.54) is 82.4 Å². The van der Waals surface area contributed by atoms with Crippen molar-refractivity contribution in [1.29, 1.82) is 0 Å². The maximum Gasteiger partial charge on any atom is 4.00 e. The van der Waals surface area contributed by atoms with Crippen molar-refractivity contribution in [2.45, 2.75) is 6.42 Å². The van der Waals surface area contributed by atoms with E-state index < -0.39 is 0 Å². The molecular formula is C39H26Br2Cl4Zr2. The van der Waals surface area contributed by atoms with Gasteiger partial charge >= 0.3 is 154 Å². The van der Waals surface area contributed by atoms with Crippen molar-refractivity contribution in [1.82, 2.24) is 0 Å². The van der Waals surface area contributed by atoms with Crippen LogP contribution in [0.5, 0.6) is 0 Å². The zero-order chi connectivity index (χ0) is 28.9. The topological polar surface area (TPSA) is 0 Å². The van der Waals surface area contributed by atoms with Crippen LogP contribution < -0.4 is 49.6 Å². The first-order chi connectivity index (χ1) is 20.6. The van der Waals surface area contributed by atoms with E-state index in [9.17, 15) is 0 Å². The molecule has 0 aliphatic heterocycles. The van der Waals surface area contributed by atoms with Gasteiger partial charge < -0.3 is 49.6 Å². The van der Waals surface area contributed by atoms with Crippen LogP contribution in [0.3, 0.4) is 0 Å². The predicted molar refractivity (Wildman–Crippen MR) is 182 cm³/mol. The molecule has 8 heteroatoms. The molecule has 47 heavy (non-hydrogen) atoms. The molecule has 0 bridgehead atoms. The number of benzene rings is 6. The van der Waals surface area contributed by atoms with Gasteiger partial charge in [0.1, 0.15) is 0 Å². The largest absolute Gasteiger partial charge is 4.00 e. The smallest absolute Gasteiger partial charge is 1.00 e. The summed E-state index contributed by atoms with van der Waals surface area (Å²) >= 11 is 8.43. The molecule has 0 saturated carbocycles. The van der Waals surface area contributed by atoms with Crippen LogP contribution in [-0.2, 0) is 56.9 Å². The van der Waals surface area contributed by atoms with E-state index in [1.807, 2.05) is 48.5 Å².